The third-order valence-electron chi connectivity index (χ3n) is 3.52. The molecule has 3 aromatic rings. The molecule has 0 aliphatic heterocycles. The van der Waals surface area contributed by atoms with Gasteiger partial charge in [-0.25, -0.2) is 0 Å². The molecule has 0 fully saturated rings. The number of aliphatic hydroxyl groups is 1. The Morgan fingerprint density at radius 3 is 2.67 bits per heavy atom. The second kappa shape index (κ2) is 6.02. The molecule has 108 valence electrons. The van der Waals surface area contributed by atoms with Crippen molar-refractivity contribution in [3.05, 3.63) is 65.9 Å². The molecule has 2 aromatic carbocycles. The maximum absolute atomic E-state index is 10.2. The first kappa shape index (κ1) is 13.7. The number of furan rings is 1. The Balaban J connectivity index is 1.72. The van der Waals surface area contributed by atoms with Gasteiger partial charge in [-0.15, -0.1) is 0 Å². The van der Waals surface area contributed by atoms with Crippen LogP contribution in [-0.2, 0) is 6.42 Å². The van der Waals surface area contributed by atoms with Crippen molar-refractivity contribution in [3.63, 3.8) is 0 Å². The minimum atomic E-state index is -0.776. The predicted octanol–water partition coefficient (Wildman–Crippen LogP) is 4.11. The highest BCUT2D eigenvalue weighted by molar-refractivity contribution is 5.77. The van der Waals surface area contributed by atoms with Crippen LogP contribution in [0.1, 0.15) is 24.4 Å². The van der Waals surface area contributed by atoms with E-state index in [-0.39, 0.29) is 6.61 Å². The quantitative estimate of drug-likeness (QED) is 0.766. The summed E-state index contributed by atoms with van der Waals surface area (Å²) in [5.41, 5.74) is 1.91. The van der Waals surface area contributed by atoms with Crippen molar-refractivity contribution in [3.8, 4) is 5.75 Å². The molecule has 0 aliphatic rings. The molecule has 21 heavy (non-hydrogen) atoms. The molecular weight excluding hydrogens is 264 g/mol. The number of hydrogen-bond acceptors (Lipinski definition) is 3. The predicted molar refractivity (Wildman–Crippen MR) is 82.5 cm³/mol. The molecule has 0 amide bonds. The maximum atomic E-state index is 10.2. The molecule has 1 unspecified atom stereocenters. The molecule has 3 nitrogen and oxygen atoms in total. The summed E-state index contributed by atoms with van der Waals surface area (Å²) in [7, 11) is 0. The zero-order valence-corrected chi connectivity index (χ0v) is 12.0. The fraction of sp³-hybridized carbons (Fsp3) is 0.222. The number of aliphatic hydroxyl groups excluding tert-OH is 1. The molecule has 0 aliphatic carbocycles. The first-order valence-corrected chi connectivity index (χ1v) is 7.15. The highest BCUT2D eigenvalue weighted by Gasteiger charge is 2.14. The van der Waals surface area contributed by atoms with E-state index < -0.39 is 6.10 Å². The highest BCUT2D eigenvalue weighted by Crippen LogP contribution is 2.25. The molecule has 3 heteroatoms. The summed E-state index contributed by atoms with van der Waals surface area (Å²) in [6.45, 7) is 2.26. The monoisotopic (exact) mass is 282 g/mol. The first-order chi connectivity index (χ1) is 10.3. The van der Waals surface area contributed by atoms with Crippen LogP contribution in [0.4, 0.5) is 0 Å². The van der Waals surface area contributed by atoms with Crippen LogP contribution < -0.4 is 4.74 Å². The molecule has 1 atom stereocenters. The lowest BCUT2D eigenvalue weighted by molar-refractivity contribution is 0.0899. The van der Waals surface area contributed by atoms with Crippen molar-refractivity contribution >= 4 is 11.0 Å². The van der Waals surface area contributed by atoms with Crippen LogP contribution in [0, 0.1) is 0 Å². The molecule has 0 radical (unpaired) electrons. The van der Waals surface area contributed by atoms with E-state index in [0.717, 1.165) is 28.7 Å². The average Bonchev–Trinajstić information content (AvgIpc) is 2.97. The Bertz CT molecular complexity index is 697. The van der Waals surface area contributed by atoms with E-state index in [9.17, 15) is 5.11 Å². The Morgan fingerprint density at radius 2 is 1.86 bits per heavy atom. The van der Waals surface area contributed by atoms with Crippen LogP contribution >= 0.6 is 0 Å². The summed E-state index contributed by atoms with van der Waals surface area (Å²) in [4.78, 5) is 0. The summed E-state index contributed by atoms with van der Waals surface area (Å²) in [6, 6.07) is 17.4. The van der Waals surface area contributed by atoms with Gasteiger partial charge in [-0.3, -0.25) is 0 Å². The van der Waals surface area contributed by atoms with Crippen LogP contribution in [0.3, 0.4) is 0 Å². The minimum Gasteiger partial charge on any atom is -0.490 e. The van der Waals surface area contributed by atoms with Crippen molar-refractivity contribution < 1.29 is 14.3 Å². The second-order valence-electron chi connectivity index (χ2n) is 4.97. The molecular formula is C18H18O3. The topological polar surface area (TPSA) is 42.6 Å². The van der Waals surface area contributed by atoms with Crippen molar-refractivity contribution in [2.75, 3.05) is 6.61 Å². The van der Waals surface area contributed by atoms with Gasteiger partial charge in [-0.2, -0.15) is 0 Å². The number of hydrogen-bond donors (Lipinski definition) is 1. The van der Waals surface area contributed by atoms with E-state index >= 15 is 0 Å². The molecule has 0 spiro atoms. The molecule has 1 heterocycles. The van der Waals surface area contributed by atoms with Crippen LogP contribution in [0.25, 0.3) is 11.0 Å². The van der Waals surface area contributed by atoms with E-state index in [1.807, 2.05) is 54.6 Å². The van der Waals surface area contributed by atoms with E-state index in [1.165, 1.54) is 0 Å². The highest BCUT2D eigenvalue weighted by atomic mass is 16.5. The summed E-state index contributed by atoms with van der Waals surface area (Å²) in [6.07, 6.45) is 0.124. The summed E-state index contributed by atoms with van der Waals surface area (Å²) < 4.78 is 11.4. The number of benzene rings is 2. The van der Waals surface area contributed by atoms with Crippen LogP contribution in [-0.4, -0.2) is 11.7 Å². The van der Waals surface area contributed by atoms with Gasteiger partial charge in [0.2, 0.25) is 0 Å². The van der Waals surface area contributed by atoms with Gasteiger partial charge in [0.05, 0.1) is 0 Å². The van der Waals surface area contributed by atoms with Crippen LogP contribution in [0.15, 0.2) is 59.0 Å². The largest absolute Gasteiger partial charge is 0.490 e. The zero-order valence-electron chi connectivity index (χ0n) is 12.0. The SMILES string of the molecule is CCc1ccccc1OCC(O)c1cc2ccccc2o1. The Kier molecular flexibility index (Phi) is 3.93. The molecule has 3 rings (SSSR count). The van der Waals surface area contributed by atoms with Gasteiger partial charge in [-0.1, -0.05) is 43.3 Å². The fourth-order valence-electron chi connectivity index (χ4n) is 2.35. The summed E-state index contributed by atoms with van der Waals surface area (Å²) >= 11 is 0. The van der Waals surface area contributed by atoms with Crippen molar-refractivity contribution in [1.29, 1.82) is 0 Å². The lowest BCUT2D eigenvalue weighted by atomic mass is 10.1. The van der Waals surface area contributed by atoms with Crippen molar-refractivity contribution in [1.82, 2.24) is 0 Å². The number of ether oxygens (including phenoxy) is 1. The second-order valence-corrected chi connectivity index (χ2v) is 4.97. The fourth-order valence-corrected chi connectivity index (χ4v) is 2.35. The average molecular weight is 282 g/mol. The Morgan fingerprint density at radius 1 is 1.10 bits per heavy atom. The van der Waals surface area contributed by atoms with Gasteiger partial charge in [0, 0.05) is 5.39 Å². The molecule has 0 bridgehead atoms. The zero-order chi connectivity index (χ0) is 14.7. The lowest BCUT2D eigenvalue weighted by Crippen LogP contribution is -2.09. The number of para-hydroxylation sites is 2. The maximum Gasteiger partial charge on any atom is 0.145 e. The van der Waals surface area contributed by atoms with Gasteiger partial charge >= 0.3 is 0 Å². The standard InChI is InChI=1S/C18H18O3/c1-2-13-7-3-5-9-16(13)20-12-15(19)18-11-14-8-4-6-10-17(14)21-18/h3-11,15,19H,2,12H2,1H3. The summed E-state index contributed by atoms with van der Waals surface area (Å²) in [5, 5.41) is 11.2. The van der Waals surface area contributed by atoms with E-state index in [2.05, 4.69) is 6.92 Å². The number of fused-ring (bicyclic) bond motifs is 1. The molecule has 1 N–H and O–H groups in total. The third kappa shape index (κ3) is 2.93. The first-order valence-electron chi connectivity index (χ1n) is 7.15. The van der Waals surface area contributed by atoms with Crippen LogP contribution in [0.5, 0.6) is 5.75 Å². The van der Waals surface area contributed by atoms with E-state index in [4.69, 9.17) is 9.15 Å². The minimum absolute atomic E-state index is 0.177. The van der Waals surface area contributed by atoms with Gasteiger partial charge in [0.15, 0.2) is 0 Å². The van der Waals surface area contributed by atoms with Gasteiger partial charge < -0.3 is 14.3 Å². The van der Waals surface area contributed by atoms with Crippen molar-refractivity contribution in [2.45, 2.75) is 19.4 Å². The third-order valence-corrected chi connectivity index (χ3v) is 3.52. The van der Waals surface area contributed by atoms with Gasteiger partial charge in [0.25, 0.3) is 0 Å². The Hall–Kier alpha value is -2.26. The Labute approximate surface area is 123 Å². The number of aryl methyl sites for hydroxylation is 1. The van der Waals surface area contributed by atoms with Crippen LogP contribution in [0.2, 0.25) is 0 Å². The van der Waals surface area contributed by atoms with Crippen molar-refractivity contribution in [2.24, 2.45) is 0 Å². The van der Waals surface area contributed by atoms with E-state index in [0.29, 0.717) is 5.76 Å². The normalized spacial score (nSPS) is 12.5. The summed E-state index contributed by atoms with van der Waals surface area (Å²) in [5.74, 6) is 1.35. The molecule has 0 saturated carbocycles. The lowest BCUT2D eigenvalue weighted by Gasteiger charge is -2.12. The van der Waals surface area contributed by atoms with Gasteiger partial charge in [0.1, 0.15) is 29.8 Å². The van der Waals surface area contributed by atoms with E-state index in [1.54, 1.807) is 0 Å². The molecule has 0 saturated heterocycles. The van der Waals surface area contributed by atoms with Gasteiger partial charge in [-0.05, 0) is 30.2 Å². The number of rotatable bonds is 5. The molecule has 1 aromatic heterocycles. The smallest absolute Gasteiger partial charge is 0.145 e.